The predicted octanol–water partition coefficient (Wildman–Crippen LogP) is 5.21. The number of nitrogens with zero attached hydrogens (tertiary/aromatic N) is 1. The first-order valence-electron chi connectivity index (χ1n) is 4.70. The average Bonchev–Trinajstić information content (AvgIpc) is 2.37. The Balaban J connectivity index is 0.000000171. The van der Waals surface area contributed by atoms with E-state index in [4.69, 9.17) is 40.1 Å². The van der Waals surface area contributed by atoms with Gasteiger partial charge in [-0.2, -0.15) is 5.26 Å². The standard InChI is InChI=1S/C7H5N.C6H3Cl3/c8-6-7-4-2-1-3-5-7;7-4-2-1-3-5(8)6(4)9/h1-5H;1-3H. The molecule has 1 nitrogen and oxygen atoms in total. The molecule has 0 aliphatic heterocycles. The first-order chi connectivity index (χ1) is 8.15. The Bertz CT molecular complexity index is 498. The van der Waals surface area contributed by atoms with Gasteiger partial charge < -0.3 is 0 Å². The summed E-state index contributed by atoms with van der Waals surface area (Å²) in [6.07, 6.45) is 0. The molecular weight excluding hydrogens is 277 g/mol. The first-order valence-corrected chi connectivity index (χ1v) is 5.83. The van der Waals surface area contributed by atoms with E-state index in [0.717, 1.165) is 0 Å². The molecule has 0 unspecified atom stereocenters. The molecular formula is C13H8Cl3N. The second-order valence-electron chi connectivity index (χ2n) is 3.01. The molecule has 4 heteroatoms. The van der Waals surface area contributed by atoms with E-state index in [1.54, 1.807) is 30.3 Å². The topological polar surface area (TPSA) is 23.8 Å². The van der Waals surface area contributed by atoms with Crippen molar-refractivity contribution in [2.45, 2.75) is 0 Å². The third kappa shape index (κ3) is 4.66. The van der Waals surface area contributed by atoms with Crippen molar-refractivity contribution >= 4 is 34.8 Å². The minimum Gasteiger partial charge on any atom is -0.192 e. The summed E-state index contributed by atoms with van der Waals surface area (Å²) in [4.78, 5) is 0. The van der Waals surface area contributed by atoms with Crippen molar-refractivity contribution in [1.82, 2.24) is 0 Å². The van der Waals surface area contributed by atoms with Gasteiger partial charge in [-0.1, -0.05) is 59.1 Å². The Kier molecular flexibility index (Phi) is 5.86. The molecule has 0 radical (unpaired) electrons. The molecule has 0 amide bonds. The zero-order valence-electron chi connectivity index (χ0n) is 8.70. The summed E-state index contributed by atoms with van der Waals surface area (Å²) in [6.45, 7) is 0. The summed E-state index contributed by atoms with van der Waals surface area (Å²) < 4.78 is 0. The molecule has 0 saturated carbocycles. The van der Waals surface area contributed by atoms with Crippen LogP contribution in [0.15, 0.2) is 48.5 Å². The highest BCUT2D eigenvalue weighted by molar-refractivity contribution is 6.47. The summed E-state index contributed by atoms with van der Waals surface area (Å²) in [6, 6.07) is 16.3. The molecule has 0 spiro atoms. The van der Waals surface area contributed by atoms with Crippen LogP contribution in [0.1, 0.15) is 5.56 Å². The van der Waals surface area contributed by atoms with Crippen LogP contribution in [-0.4, -0.2) is 0 Å². The van der Waals surface area contributed by atoms with Gasteiger partial charge in [-0.25, -0.2) is 0 Å². The van der Waals surface area contributed by atoms with Gasteiger partial charge in [-0.3, -0.25) is 0 Å². The fourth-order valence-electron chi connectivity index (χ4n) is 0.990. The lowest BCUT2D eigenvalue weighted by atomic mass is 10.2. The third-order valence-corrected chi connectivity index (χ3v) is 3.04. The third-order valence-electron chi connectivity index (χ3n) is 1.81. The second kappa shape index (κ2) is 7.19. The fourth-order valence-corrected chi connectivity index (χ4v) is 1.51. The Morgan fingerprint density at radius 2 is 1.29 bits per heavy atom. The average molecular weight is 285 g/mol. The highest BCUT2D eigenvalue weighted by Crippen LogP contribution is 2.28. The fraction of sp³-hybridized carbons (Fsp3) is 0. The van der Waals surface area contributed by atoms with E-state index >= 15 is 0 Å². The number of benzene rings is 2. The highest BCUT2D eigenvalue weighted by atomic mass is 35.5. The van der Waals surface area contributed by atoms with Crippen molar-refractivity contribution in [3.63, 3.8) is 0 Å². The minimum atomic E-state index is 0.417. The van der Waals surface area contributed by atoms with Crippen LogP contribution < -0.4 is 0 Å². The van der Waals surface area contributed by atoms with Crippen LogP contribution in [0.2, 0.25) is 15.1 Å². The van der Waals surface area contributed by atoms with Crippen LogP contribution in [0.3, 0.4) is 0 Å². The highest BCUT2D eigenvalue weighted by Gasteiger charge is 1.98. The summed E-state index contributed by atoms with van der Waals surface area (Å²) in [5.41, 5.74) is 0.715. The molecule has 17 heavy (non-hydrogen) atoms. The number of hydrogen-bond donors (Lipinski definition) is 0. The van der Waals surface area contributed by atoms with Crippen LogP contribution in [0.5, 0.6) is 0 Å². The predicted molar refractivity (Wildman–Crippen MR) is 72.6 cm³/mol. The van der Waals surface area contributed by atoms with E-state index in [2.05, 4.69) is 0 Å². The van der Waals surface area contributed by atoms with E-state index < -0.39 is 0 Å². The Morgan fingerprint density at radius 1 is 0.765 bits per heavy atom. The summed E-state index contributed by atoms with van der Waals surface area (Å²) >= 11 is 16.8. The van der Waals surface area contributed by atoms with Gasteiger partial charge >= 0.3 is 0 Å². The molecule has 0 aliphatic carbocycles. The molecule has 0 heterocycles. The van der Waals surface area contributed by atoms with Gasteiger partial charge in [0.2, 0.25) is 0 Å². The van der Waals surface area contributed by atoms with Crippen molar-refractivity contribution in [2.75, 3.05) is 0 Å². The van der Waals surface area contributed by atoms with Crippen molar-refractivity contribution in [1.29, 1.82) is 5.26 Å². The Labute approximate surface area is 115 Å². The second-order valence-corrected chi connectivity index (χ2v) is 4.21. The van der Waals surface area contributed by atoms with Crippen LogP contribution in [0.25, 0.3) is 0 Å². The lowest BCUT2D eigenvalue weighted by Gasteiger charge is -1.94. The van der Waals surface area contributed by atoms with Crippen LogP contribution >= 0.6 is 34.8 Å². The molecule has 0 atom stereocenters. The van der Waals surface area contributed by atoms with Crippen molar-refractivity contribution in [3.05, 3.63) is 69.2 Å². The SMILES string of the molecule is Clc1cccc(Cl)c1Cl.N#Cc1ccccc1. The lowest BCUT2D eigenvalue weighted by molar-refractivity contribution is 1.49. The van der Waals surface area contributed by atoms with Crippen molar-refractivity contribution in [3.8, 4) is 6.07 Å². The molecule has 0 fully saturated rings. The van der Waals surface area contributed by atoms with Crippen molar-refractivity contribution in [2.24, 2.45) is 0 Å². The molecule has 2 aromatic rings. The normalized spacial score (nSPS) is 8.82. The maximum Gasteiger partial charge on any atom is 0.0991 e. The molecule has 86 valence electrons. The largest absolute Gasteiger partial charge is 0.192 e. The number of halogens is 3. The lowest BCUT2D eigenvalue weighted by Crippen LogP contribution is -1.67. The molecule has 0 N–H and O–H groups in total. The van der Waals surface area contributed by atoms with E-state index in [0.29, 0.717) is 20.6 Å². The van der Waals surface area contributed by atoms with Crippen molar-refractivity contribution < 1.29 is 0 Å². The first kappa shape index (κ1) is 13.9. The van der Waals surface area contributed by atoms with Gasteiger partial charge in [-0.15, -0.1) is 0 Å². The van der Waals surface area contributed by atoms with Gasteiger partial charge in [0.05, 0.1) is 26.7 Å². The molecule has 0 bridgehead atoms. The van der Waals surface area contributed by atoms with E-state index in [-0.39, 0.29) is 0 Å². The summed E-state index contributed by atoms with van der Waals surface area (Å²) in [5, 5.41) is 9.68. The van der Waals surface area contributed by atoms with E-state index in [9.17, 15) is 0 Å². The molecule has 0 aromatic heterocycles. The Morgan fingerprint density at radius 3 is 1.65 bits per heavy atom. The van der Waals surface area contributed by atoms with Gasteiger partial charge in [-0.05, 0) is 24.3 Å². The van der Waals surface area contributed by atoms with Crippen LogP contribution in [0.4, 0.5) is 0 Å². The number of rotatable bonds is 0. The number of nitriles is 1. The van der Waals surface area contributed by atoms with Crippen LogP contribution in [-0.2, 0) is 0 Å². The Hall–Kier alpha value is -1.20. The van der Waals surface area contributed by atoms with Gasteiger partial charge in [0.1, 0.15) is 0 Å². The van der Waals surface area contributed by atoms with Gasteiger partial charge in [0, 0.05) is 0 Å². The zero-order valence-corrected chi connectivity index (χ0v) is 11.0. The maximum absolute atomic E-state index is 8.29. The quantitative estimate of drug-likeness (QED) is 0.610. The van der Waals surface area contributed by atoms with E-state index in [1.165, 1.54) is 0 Å². The van der Waals surface area contributed by atoms with Gasteiger partial charge in [0.25, 0.3) is 0 Å². The van der Waals surface area contributed by atoms with Gasteiger partial charge in [0.15, 0.2) is 0 Å². The van der Waals surface area contributed by atoms with Crippen LogP contribution in [0, 0.1) is 11.3 Å². The molecule has 2 rings (SSSR count). The summed E-state index contributed by atoms with van der Waals surface area (Å²) in [5.74, 6) is 0. The van der Waals surface area contributed by atoms with E-state index in [1.807, 2.05) is 24.3 Å². The number of hydrogen-bond acceptors (Lipinski definition) is 1. The monoisotopic (exact) mass is 283 g/mol. The minimum absolute atomic E-state index is 0.417. The smallest absolute Gasteiger partial charge is 0.0991 e. The zero-order chi connectivity index (χ0) is 12.7. The summed E-state index contributed by atoms with van der Waals surface area (Å²) in [7, 11) is 0. The molecule has 2 aromatic carbocycles. The maximum atomic E-state index is 8.29. The molecule has 0 saturated heterocycles. The molecule has 0 aliphatic rings.